The molecule has 0 radical (unpaired) electrons. The Morgan fingerprint density at radius 3 is 3.25 bits per heavy atom. The lowest BCUT2D eigenvalue weighted by molar-refractivity contribution is -0.151. The van der Waals surface area contributed by atoms with Gasteiger partial charge >= 0.3 is 5.97 Å². The van der Waals surface area contributed by atoms with E-state index in [1.54, 1.807) is 0 Å². The topological polar surface area (TPSA) is 38.3 Å². The van der Waals surface area contributed by atoms with E-state index in [4.69, 9.17) is 4.74 Å². The van der Waals surface area contributed by atoms with E-state index in [2.05, 4.69) is 5.32 Å². The number of hydrogen-bond donors (Lipinski definition) is 1. The zero-order valence-electron chi connectivity index (χ0n) is 7.43. The van der Waals surface area contributed by atoms with E-state index in [1.807, 2.05) is 6.92 Å². The molecule has 1 aliphatic carbocycles. The van der Waals surface area contributed by atoms with Crippen molar-refractivity contribution in [1.29, 1.82) is 0 Å². The van der Waals surface area contributed by atoms with Crippen molar-refractivity contribution in [3.63, 3.8) is 0 Å². The molecule has 1 saturated heterocycles. The Balaban J connectivity index is 1.98. The molecule has 0 aromatic heterocycles. The van der Waals surface area contributed by atoms with Crippen LogP contribution in [-0.2, 0) is 9.53 Å². The van der Waals surface area contributed by atoms with Gasteiger partial charge in [0.15, 0.2) is 0 Å². The number of carbonyl (C=O) groups is 1. The smallest absolute Gasteiger partial charge is 0.312 e. The highest BCUT2D eigenvalue weighted by molar-refractivity contribution is 5.81. The molecule has 12 heavy (non-hydrogen) atoms. The highest BCUT2D eigenvalue weighted by atomic mass is 16.5. The Morgan fingerprint density at radius 2 is 2.58 bits per heavy atom. The molecule has 0 spiro atoms. The lowest BCUT2D eigenvalue weighted by Crippen LogP contribution is -2.34. The van der Waals surface area contributed by atoms with Gasteiger partial charge in [-0.05, 0) is 38.8 Å². The second-order valence-corrected chi connectivity index (χ2v) is 3.73. The predicted octanol–water partition coefficient (Wildman–Crippen LogP) is 0.549. The standard InChI is InChI=1S/C9H15NO2/c1-2-12-8(11)9-3-4-10-6-7(9)5-9/h7,10H,2-6H2,1H3/t7-,9?/m1/s1. The fraction of sp³-hybridized carbons (Fsp3) is 0.889. The number of nitrogens with one attached hydrogen (secondary N) is 1. The number of piperidine rings is 1. The highest BCUT2D eigenvalue weighted by Gasteiger charge is 2.61. The number of hydrogen-bond acceptors (Lipinski definition) is 3. The van der Waals surface area contributed by atoms with Crippen LogP contribution in [0.15, 0.2) is 0 Å². The lowest BCUT2D eigenvalue weighted by atomic mass is 9.96. The van der Waals surface area contributed by atoms with Gasteiger partial charge in [0.05, 0.1) is 12.0 Å². The van der Waals surface area contributed by atoms with Crippen molar-refractivity contribution in [3.05, 3.63) is 0 Å². The predicted molar refractivity (Wildman–Crippen MR) is 44.7 cm³/mol. The average molecular weight is 169 g/mol. The molecule has 2 atom stereocenters. The molecular formula is C9H15NO2. The number of esters is 1. The molecule has 1 unspecified atom stereocenters. The van der Waals surface area contributed by atoms with Crippen LogP contribution < -0.4 is 5.32 Å². The Labute approximate surface area is 72.5 Å². The van der Waals surface area contributed by atoms with Gasteiger partial charge < -0.3 is 10.1 Å². The minimum Gasteiger partial charge on any atom is -0.466 e. The molecule has 1 saturated carbocycles. The van der Waals surface area contributed by atoms with Crippen molar-refractivity contribution in [2.45, 2.75) is 19.8 Å². The molecule has 68 valence electrons. The maximum atomic E-state index is 11.5. The first-order valence-electron chi connectivity index (χ1n) is 4.67. The Morgan fingerprint density at radius 1 is 1.75 bits per heavy atom. The fourth-order valence-electron chi connectivity index (χ4n) is 2.17. The second-order valence-electron chi connectivity index (χ2n) is 3.73. The largest absolute Gasteiger partial charge is 0.466 e. The van der Waals surface area contributed by atoms with Crippen LogP contribution in [0.5, 0.6) is 0 Å². The molecule has 0 bridgehead atoms. The first kappa shape index (κ1) is 8.05. The van der Waals surface area contributed by atoms with E-state index in [0.29, 0.717) is 12.5 Å². The average Bonchev–Trinajstić information content (AvgIpc) is 2.79. The Bertz CT molecular complexity index is 205. The SMILES string of the molecule is CCOC(=O)C12CCNC[C@H]1C2. The van der Waals surface area contributed by atoms with E-state index in [1.165, 1.54) is 0 Å². The van der Waals surface area contributed by atoms with Gasteiger partial charge in [0, 0.05) is 0 Å². The van der Waals surface area contributed by atoms with Gasteiger partial charge in [-0.3, -0.25) is 4.79 Å². The third-order valence-corrected chi connectivity index (χ3v) is 3.05. The molecule has 2 fully saturated rings. The van der Waals surface area contributed by atoms with Gasteiger partial charge in [-0.2, -0.15) is 0 Å². The quantitative estimate of drug-likeness (QED) is 0.613. The summed E-state index contributed by atoms with van der Waals surface area (Å²) in [5.41, 5.74) is -0.0682. The maximum absolute atomic E-state index is 11.5. The van der Waals surface area contributed by atoms with Crippen LogP contribution in [0, 0.1) is 11.3 Å². The van der Waals surface area contributed by atoms with Gasteiger partial charge in [0.2, 0.25) is 0 Å². The number of fused-ring (bicyclic) bond motifs is 1. The summed E-state index contributed by atoms with van der Waals surface area (Å²) in [6.45, 7) is 4.35. The van der Waals surface area contributed by atoms with Gasteiger partial charge in [-0.25, -0.2) is 0 Å². The first-order chi connectivity index (χ1) is 5.79. The molecule has 3 nitrogen and oxygen atoms in total. The van der Waals surface area contributed by atoms with Crippen molar-refractivity contribution < 1.29 is 9.53 Å². The van der Waals surface area contributed by atoms with Crippen LogP contribution in [0.1, 0.15) is 19.8 Å². The fourth-order valence-corrected chi connectivity index (χ4v) is 2.17. The highest BCUT2D eigenvalue weighted by Crippen LogP contribution is 2.57. The van der Waals surface area contributed by atoms with E-state index in [0.717, 1.165) is 25.9 Å². The minimum atomic E-state index is -0.0682. The van der Waals surface area contributed by atoms with E-state index >= 15 is 0 Å². The van der Waals surface area contributed by atoms with Gasteiger partial charge in [-0.1, -0.05) is 0 Å². The first-order valence-corrected chi connectivity index (χ1v) is 4.67. The lowest BCUT2D eigenvalue weighted by Gasteiger charge is -2.20. The van der Waals surface area contributed by atoms with Crippen LogP contribution in [0.3, 0.4) is 0 Å². The van der Waals surface area contributed by atoms with Crippen molar-refractivity contribution in [3.8, 4) is 0 Å². The molecule has 3 heteroatoms. The molecule has 0 aromatic rings. The van der Waals surface area contributed by atoms with Crippen molar-refractivity contribution in [1.82, 2.24) is 5.32 Å². The summed E-state index contributed by atoms with van der Waals surface area (Å²) >= 11 is 0. The van der Waals surface area contributed by atoms with Gasteiger partial charge in [-0.15, -0.1) is 0 Å². The monoisotopic (exact) mass is 169 g/mol. The summed E-state index contributed by atoms with van der Waals surface area (Å²) in [4.78, 5) is 11.5. The maximum Gasteiger partial charge on any atom is 0.312 e. The molecule has 1 N–H and O–H groups in total. The summed E-state index contributed by atoms with van der Waals surface area (Å²) < 4.78 is 5.06. The molecule has 0 amide bonds. The van der Waals surface area contributed by atoms with Crippen molar-refractivity contribution >= 4 is 5.97 Å². The minimum absolute atomic E-state index is 0.0384. The molecule has 2 rings (SSSR count). The molecule has 1 aliphatic heterocycles. The molecule has 2 aliphatic rings. The molecule has 0 aromatic carbocycles. The third-order valence-electron chi connectivity index (χ3n) is 3.05. The zero-order valence-corrected chi connectivity index (χ0v) is 7.43. The number of rotatable bonds is 2. The summed E-state index contributed by atoms with van der Waals surface area (Å²) in [5.74, 6) is 0.599. The third kappa shape index (κ3) is 1.04. The van der Waals surface area contributed by atoms with Crippen LogP contribution in [0.2, 0.25) is 0 Å². The van der Waals surface area contributed by atoms with E-state index in [9.17, 15) is 4.79 Å². The molecule has 1 heterocycles. The van der Waals surface area contributed by atoms with Crippen LogP contribution >= 0.6 is 0 Å². The van der Waals surface area contributed by atoms with Crippen molar-refractivity contribution in [2.24, 2.45) is 11.3 Å². The zero-order chi connectivity index (χ0) is 8.60. The summed E-state index contributed by atoms with van der Waals surface area (Å²) in [6, 6.07) is 0. The second kappa shape index (κ2) is 2.73. The summed E-state index contributed by atoms with van der Waals surface area (Å²) in [7, 11) is 0. The van der Waals surface area contributed by atoms with E-state index in [-0.39, 0.29) is 11.4 Å². The summed E-state index contributed by atoms with van der Waals surface area (Å²) in [6.07, 6.45) is 2.01. The van der Waals surface area contributed by atoms with Crippen LogP contribution in [0.4, 0.5) is 0 Å². The van der Waals surface area contributed by atoms with Gasteiger partial charge in [0.1, 0.15) is 0 Å². The number of ether oxygens (including phenoxy) is 1. The van der Waals surface area contributed by atoms with E-state index < -0.39 is 0 Å². The van der Waals surface area contributed by atoms with Gasteiger partial charge in [0.25, 0.3) is 0 Å². The Kier molecular flexibility index (Phi) is 1.83. The number of carbonyl (C=O) groups excluding carboxylic acids is 1. The summed E-state index contributed by atoms with van der Waals surface area (Å²) in [5, 5.41) is 3.29. The van der Waals surface area contributed by atoms with Crippen LogP contribution in [-0.4, -0.2) is 25.7 Å². The van der Waals surface area contributed by atoms with Crippen molar-refractivity contribution in [2.75, 3.05) is 19.7 Å². The molecular weight excluding hydrogens is 154 g/mol. The Hall–Kier alpha value is -0.570. The van der Waals surface area contributed by atoms with Crippen LogP contribution in [0.25, 0.3) is 0 Å². The normalized spacial score (nSPS) is 38.6.